The van der Waals surface area contributed by atoms with Crippen LogP contribution in [0, 0.1) is 34.6 Å². The number of anilines is 2. The number of hydrogen-bond acceptors (Lipinski definition) is 3. The van der Waals surface area contributed by atoms with Gasteiger partial charge in [0.05, 0.1) is 11.3 Å². The zero-order valence-corrected chi connectivity index (χ0v) is 18.5. The number of hydrogen-bond donors (Lipinski definition) is 1. The van der Waals surface area contributed by atoms with Crippen molar-refractivity contribution >= 4 is 28.8 Å². The van der Waals surface area contributed by atoms with Crippen molar-refractivity contribution in [3.63, 3.8) is 0 Å². The quantitative estimate of drug-likeness (QED) is 0.568. The van der Waals surface area contributed by atoms with Crippen molar-refractivity contribution in [3.05, 3.63) is 99.7 Å². The van der Waals surface area contributed by atoms with Crippen molar-refractivity contribution in [2.75, 3.05) is 10.2 Å². The molecule has 4 rings (SSSR count). The fourth-order valence-corrected chi connectivity index (χ4v) is 4.13. The first kappa shape index (κ1) is 20.6. The van der Waals surface area contributed by atoms with Gasteiger partial charge in [0, 0.05) is 5.69 Å². The number of nitrogens with one attached hydrogen (secondary N) is 1. The zero-order chi connectivity index (χ0) is 22.3. The van der Waals surface area contributed by atoms with Crippen LogP contribution in [0.2, 0.25) is 0 Å². The second kappa shape index (κ2) is 7.88. The Balaban J connectivity index is 1.88. The highest BCUT2D eigenvalue weighted by Crippen LogP contribution is 2.36. The van der Waals surface area contributed by atoms with E-state index in [-0.39, 0.29) is 11.8 Å². The average Bonchev–Trinajstić information content (AvgIpc) is 2.93. The highest BCUT2D eigenvalue weighted by molar-refractivity contribution is 6.46. The van der Waals surface area contributed by atoms with E-state index in [1.54, 1.807) is 0 Å². The fourth-order valence-electron chi connectivity index (χ4n) is 4.13. The van der Waals surface area contributed by atoms with Crippen molar-refractivity contribution in [1.82, 2.24) is 0 Å². The Hall–Kier alpha value is -3.66. The van der Waals surface area contributed by atoms with E-state index < -0.39 is 0 Å². The van der Waals surface area contributed by atoms with Crippen molar-refractivity contribution < 1.29 is 9.59 Å². The largest absolute Gasteiger partial charge is 0.350 e. The highest BCUT2D eigenvalue weighted by Gasteiger charge is 2.41. The maximum atomic E-state index is 13.7. The van der Waals surface area contributed by atoms with E-state index in [1.165, 1.54) is 4.90 Å². The van der Waals surface area contributed by atoms with E-state index in [0.29, 0.717) is 17.0 Å². The summed E-state index contributed by atoms with van der Waals surface area (Å²) < 4.78 is 0. The molecular formula is C27H26N2O2. The Morgan fingerprint density at radius 3 is 1.97 bits per heavy atom. The monoisotopic (exact) mass is 410 g/mol. The minimum absolute atomic E-state index is 0.306. The molecule has 0 fully saturated rings. The third kappa shape index (κ3) is 3.77. The molecule has 31 heavy (non-hydrogen) atoms. The number of imide groups is 1. The molecule has 2 amide bonds. The third-order valence-corrected chi connectivity index (χ3v) is 5.62. The molecule has 1 N–H and O–H groups in total. The molecule has 0 atom stereocenters. The van der Waals surface area contributed by atoms with Gasteiger partial charge in [-0.15, -0.1) is 0 Å². The van der Waals surface area contributed by atoms with Gasteiger partial charge < -0.3 is 5.32 Å². The number of benzene rings is 3. The predicted octanol–water partition coefficient (Wildman–Crippen LogP) is 5.63. The number of rotatable bonds is 4. The summed E-state index contributed by atoms with van der Waals surface area (Å²) in [5.74, 6) is -0.646. The van der Waals surface area contributed by atoms with Crippen molar-refractivity contribution in [3.8, 4) is 0 Å². The van der Waals surface area contributed by atoms with Crippen LogP contribution in [0.1, 0.15) is 33.4 Å². The van der Waals surface area contributed by atoms with Gasteiger partial charge in [-0.1, -0.05) is 53.6 Å². The molecule has 1 aliphatic rings. The first-order chi connectivity index (χ1) is 14.8. The zero-order valence-electron chi connectivity index (χ0n) is 18.5. The Morgan fingerprint density at radius 1 is 0.677 bits per heavy atom. The minimum atomic E-state index is -0.339. The Labute approximate surface area is 183 Å². The summed E-state index contributed by atoms with van der Waals surface area (Å²) in [5, 5.41) is 3.25. The fraction of sp³-hybridized carbons (Fsp3) is 0.185. The van der Waals surface area contributed by atoms with Crippen LogP contribution in [0.15, 0.2) is 66.4 Å². The number of nitrogens with zero attached hydrogens (tertiary/aromatic N) is 1. The first-order valence-corrected chi connectivity index (χ1v) is 10.4. The molecule has 0 aliphatic carbocycles. The summed E-state index contributed by atoms with van der Waals surface area (Å²) in [6.45, 7) is 9.89. The van der Waals surface area contributed by atoms with Crippen molar-refractivity contribution in [2.45, 2.75) is 34.6 Å². The lowest BCUT2D eigenvalue weighted by Gasteiger charge is -2.18. The Kier molecular flexibility index (Phi) is 5.24. The molecule has 0 unspecified atom stereocenters. The maximum Gasteiger partial charge on any atom is 0.282 e. The van der Waals surface area contributed by atoms with Gasteiger partial charge in [-0.25, -0.2) is 4.90 Å². The van der Waals surface area contributed by atoms with Crippen molar-refractivity contribution in [2.24, 2.45) is 0 Å². The molecule has 0 bridgehead atoms. The summed E-state index contributed by atoms with van der Waals surface area (Å²) >= 11 is 0. The normalized spacial score (nSPS) is 13.9. The van der Waals surface area contributed by atoms with Crippen LogP contribution in [0.5, 0.6) is 0 Å². The molecule has 0 aromatic heterocycles. The molecule has 0 saturated heterocycles. The van der Waals surface area contributed by atoms with E-state index in [0.717, 1.165) is 39.1 Å². The maximum absolute atomic E-state index is 13.7. The van der Waals surface area contributed by atoms with Gasteiger partial charge in [-0.3, -0.25) is 9.59 Å². The summed E-state index contributed by atoms with van der Waals surface area (Å²) in [6.07, 6.45) is 0. The standard InChI is InChI=1S/C27H26N2O2/c1-16-7-6-8-21(15-16)28-25-24(22-11-9-17(2)13-19(22)4)26(30)29(27(25)31)23-12-10-18(3)14-20(23)5/h6-15,28H,1-5H3. The second-order valence-corrected chi connectivity index (χ2v) is 8.30. The summed E-state index contributed by atoms with van der Waals surface area (Å²) in [7, 11) is 0. The molecule has 0 saturated carbocycles. The van der Waals surface area contributed by atoms with E-state index in [2.05, 4.69) is 5.32 Å². The molecule has 1 aliphatic heterocycles. The van der Waals surface area contributed by atoms with Gasteiger partial charge in [-0.2, -0.15) is 0 Å². The summed E-state index contributed by atoms with van der Waals surface area (Å²) in [4.78, 5) is 28.5. The lowest BCUT2D eigenvalue weighted by atomic mass is 9.97. The van der Waals surface area contributed by atoms with Gasteiger partial charge in [0.2, 0.25) is 0 Å². The van der Waals surface area contributed by atoms with E-state index >= 15 is 0 Å². The first-order valence-electron chi connectivity index (χ1n) is 10.4. The number of amides is 2. The summed E-state index contributed by atoms with van der Waals surface area (Å²) in [5.41, 5.74) is 7.99. The van der Waals surface area contributed by atoms with Crippen LogP contribution in [-0.2, 0) is 9.59 Å². The molecule has 3 aromatic carbocycles. The molecule has 4 heteroatoms. The second-order valence-electron chi connectivity index (χ2n) is 8.30. The molecule has 3 aromatic rings. The topological polar surface area (TPSA) is 49.4 Å². The van der Waals surface area contributed by atoms with E-state index in [1.807, 2.05) is 95.3 Å². The number of aryl methyl sites for hydroxylation is 5. The average molecular weight is 411 g/mol. The molecule has 0 spiro atoms. The molecule has 156 valence electrons. The number of carbonyl (C=O) groups is 2. The van der Waals surface area contributed by atoms with Crippen LogP contribution in [0.25, 0.3) is 5.57 Å². The van der Waals surface area contributed by atoms with Gasteiger partial charge in [0.1, 0.15) is 5.70 Å². The highest BCUT2D eigenvalue weighted by atomic mass is 16.2. The lowest BCUT2D eigenvalue weighted by Crippen LogP contribution is -2.33. The van der Waals surface area contributed by atoms with Crippen LogP contribution in [0.4, 0.5) is 11.4 Å². The third-order valence-electron chi connectivity index (χ3n) is 5.62. The molecule has 0 radical (unpaired) electrons. The van der Waals surface area contributed by atoms with Gasteiger partial charge in [-0.05, 0) is 75.1 Å². The van der Waals surface area contributed by atoms with Crippen molar-refractivity contribution in [1.29, 1.82) is 0 Å². The SMILES string of the molecule is Cc1cccc(NC2=C(c3ccc(C)cc3C)C(=O)N(c3ccc(C)cc3C)C2=O)c1. The van der Waals surface area contributed by atoms with Crippen LogP contribution >= 0.6 is 0 Å². The van der Waals surface area contributed by atoms with Gasteiger partial charge in [0.25, 0.3) is 11.8 Å². The number of carbonyl (C=O) groups excluding carboxylic acids is 2. The van der Waals surface area contributed by atoms with E-state index in [9.17, 15) is 9.59 Å². The molecule has 1 heterocycles. The van der Waals surface area contributed by atoms with Crippen LogP contribution in [-0.4, -0.2) is 11.8 Å². The Morgan fingerprint density at radius 2 is 1.32 bits per heavy atom. The van der Waals surface area contributed by atoms with E-state index in [4.69, 9.17) is 0 Å². The predicted molar refractivity (Wildman–Crippen MR) is 126 cm³/mol. The molecular weight excluding hydrogens is 384 g/mol. The Bertz CT molecular complexity index is 1250. The van der Waals surface area contributed by atoms with Gasteiger partial charge >= 0.3 is 0 Å². The summed E-state index contributed by atoms with van der Waals surface area (Å²) in [6, 6.07) is 19.5. The lowest BCUT2D eigenvalue weighted by molar-refractivity contribution is -0.120. The minimum Gasteiger partial charge on any atom is -0.350 e. The van der Waals surface area contributed by atoms with Crippen LogP contribution in [0.3, 0.4) is 0 Å². The molecule has 4 nitrogen and oxygen atoms in total. The van der Waals surface area contributed by atoms with Crippen LogP contribution < -0.4 is 10.2 Å². The smallest absolute Gasteiger partial charge is 0.282 e. The van der Waals surface area contributed by atoms with Gasteiger partial charge in [0.15, 0.2) is 0 Å².